The van der Waals surface area contributed by atoms with Crippen LogP contribution in [0, 0.1) is 0 Å². The molecule has 0 bridgehead atoms. The molecule has 0 heterocycles. The van der Waals surface area contributed by atoms with Gasteiger partial charge in [0, 0.05) is 4.90 Å². The second-order valence-corrected chi connectivity index (χ2v) is 3.23. The maximum atomic E-state index is 9.20. The van der Waals surface area contributed by atoms with E-state index in [1.54, 1.807) is 12.1 Å². The maximum absolute atomic E-state index is 9.20. The minimum absolute atomic E-state index is 0.293. The van der Waals surface area contributed by atoms with Gasteiger partial charge in [-0.1, -0.05) is 12.1 Å². The predicted octanol–water partition coefficient (Wildman–Crippen LogP) is 2.83. The third-order valence-corrected chi connectivity index (χ3v) is 2.09. The molecule has 0 spiro atoms. The summed E-state index contributed by atoms with van der Waals surface area (Å²) in [7, 11) is 0. The van der Waals surface area contributed by atoms with Crippen LogP contribution in [-0.2, 0) is 0 Å². The van der Waals surface area contributed by atoms with E-state index in [9.17, 15) is 5.11 Å². The fourth-order valence-electron chi connectivity index (χ4n) is 1.22. The zero-order chi connectivity index (χ0) is 8.55. The van der Waals surface area contributed by atoms with E-state index in [-0.39, 0.29) is 0 Å². The number of phenols is 1. The van der Waals surface area contributed by atoms with Gasteiger partial charge in [-0.3, -0.25) is 0 Å². The summed E-state index contributed by atoms with van der Waals surface area (Å²) in [4.78, 5) is 0.910. The summed E-state index contributed by atoms with van der Waals surface area (Å²) in [5, 5.41) is 11.3. The van der Waals surface area contributed by atoms with Gasteiger partial charge in [0.15, 0.2) is 0 Å². The molecule has 0 atom stereocenters. The first kappa shape index (κ1) is 7.50. The maximum Gasteiger partial charge on any atom is 0.116 e. The van der Waals surface area contributed by atoms with Crippen molar-refractivity contribution in [1.29, 1.82) is 0 Å². The van der Waals surface area contributed by atoms with E-state index in [0.717, 1.165) is 15.7 Å². The number of benzene rings is 2. The summed E-state index contributed by atoms with van der Waals surface area (Å²) in [6.45, 7) is 0. The summed E-state index contributed by atoms with van der Waals surface area (Å²) in [6.07, 6.45) is 0. The van der Waals surface area contributed by atoms with Crippen molar-refractivity contribution in [2.45, 2.75) is 4.90 Å². The molecule has 2 rings (SSSR count). The van der Waals surface area contributed by atoms with Crippen LogP contribution >= 0.6 is 12.6 Å². The fourth-order valence-corrected chi connectivity index (χ4v) is 1.44. The average molecular weight is 176 g/mol. The molecule has 2 heteroatoms. The standard InChI is InChI=1S/C10H8OS/c11-9-3-1-7-2-4-10(12)6-8(7)5-9/h1-6,11-12H. The number of rotatable bonds is 0. The Labute approximate surface area is 76.1 Å². The Morgan fingerprint density at radius 3 is 2.50 bits per heavy atom. The van der Waals surface area contributed by atoms with Gasteiger partial charge in [0.2, 0.25) is 0 Å². The predicted molar refractivity (Wildman–Crippen MR) is 52.9 cm³/mol. The summed E-state index contributed by atoms with van der Waals surface area (Å²) >= 11 is 4.21. The van der Waals surface area contributed by atoms with E-state index >= 15 is 0 Å². The van der Waals surface area contributed by atoms with Crippen LogP contribution < -0.4 is 0 Å². The number of hydrogen-bond acceptors (Lipinski definition) is 2. The fraction of sp³-hybridized carbons (Fsp3) is 0. The molecule has 0 unspecified atom stereocenters. The second-order valence-electron chi connectivity index (χ2n) is 2.72. The van der Waals surface area contributed by atoms with Crippen LogP contribution in [-0.4, -0.2) is 5.11 Å². The molecular weight excluding hydrogens is 168 g/mol. The van der Waals surface area contributed by atoms with Crippen LogP contribution in [0.15, 0.2) is 41.3 Å². The van der Waals surface area contributed by atoms with Gasteiger partial charge < -0.3 is 5.11 Å². The Morgan fingerprint density at radius 1 is 0.917 bits per heavy atom. The molecular formula is C10H8OS. The lowest BCUT2D eigenvalue weighted by atomic mass is 10.1. The first-order valence-electron chi connectivity index (χ1n) is 3.67. The monoisotopic (exact) mass is 176 g/mol. The second kappa shape index (κ2) is 2.72. The highest BCUT2D eigenvalue weighted by Gasteiger charge is 1.94. The molecule has 0 saturated carbocycles. The lowest BCUT2D eigenvalue weighted by Crippen LogP contribution is -1.72. The third kappa shape index (κ3) is 1.25. The van der Waals surface area contributed by atoms with Gasteiger partial charge in [0.25, 0.3) is 0 Å². The van der Waals surface area contributed by atoms with Crippen LogP contribution in [0.25, 0.3) is 10.8 Å². The smallest absolute Gasteiger partial charge is 0.116 e. The highest BCUT2D eigenvalue weighted by atomic mass is 32.1. The number of thiol groups is 1. The van der Waals surface area contributed by atoms with Crippen molar-refractivity contribution in [3.8, 4) is 5.75 Å². The van der Waals surface area contributed by atoms with Crippen LogP contribution in [0.4, 0.5) is 0 Å². The summed E-state index contributed by atoms with van der Waals surface area (Å²) < 4.78 is 0. The topological polar surface area (TPSA) is 20.2 Å². The lowest BCUT2D eigenvalue weighted by molar-refractivity contribution is 0.476. The van der Waals surface area contributed by atoms with E-state index in [2.05, 4.69) is 12.6 Å². The number of aromatic hydroxyl groups is 1. The normalized spacial score (nSPS) is 10.4. The first-order valence-corrected chi connectivity index (χ1v) is 4.12. The minimum atomic E-state index is 0.293. The molecule has 1 N–H and O–H groups in total. The van der Waals surface area contributed by atoms with Crippen molar-refractivity contribution in [3.05, 3.63) is 36.4 Å². The Kier molecular flexibility index (Phi) is 1.70. The quantitative estimate of drug-likeness (QED) is 0.591. The molecule has 0 saturated heterocycles. The molecule has 60 valence electrons. The largest absolute Gasteiger partial charge is 0.508 e. The molecule has 0 fully saturated rings. The van der Waals surface area contributed by atoms with E-state index < -0.39 is 0 Å². The summed E-state index contributed by atoms with van der Waals surface area (Å²) in [5.74, 6) is 0.293. The van der Waals surface area contributed by atoms with Crippen LogP contribution in [0.3, 0.4) is 0 Å². The molecule has 0 amide bonds. The van der Waals surface area contributed by atoms with E-state index in [4.69, 9.17) is 0 Å². The molecule has 0 aliphatic rings. The zero-order valence-corrected chi connectivity index (χ0v) is 7.25. The van der Waals surface area contributed by atoms with E-state index in [0.29, 0.717) is 5.75 Å². The number of fused-ring (bicyclic) bond motifs is 1. The highest BCUT2D eigenvalue weighted by Crippen LogP contribution is 2.22. The first-order chi connectivity index (χ1) is 5.75. The molecule has 0 aliphatic carbocycles. The number of hydrogen-bond donors (Lipinski definition) is 2. The molecule has 2 aromatic rings. The van der Waals surface area contributed by atoms with Gasteiger partial charge in [-0.2, -0.15) is 0 Å². The van der Waals surface area contributed by atoms with Crippen molar-refractivity contribution >= 4 is 23.4 Å². The molecule has 1 nitrogen and oxygen atoms in total. The molecule has 0 radical (unpaired) electrons. The molecule has 2 aromatic carbocycles. The molecule has 0 aromatic heterocycles. The Morgan fingerprint density at radius 2 is 1.67 bits per heavy atom. The van der Waals surface area contributed by atoms with Crippen LogP contribution in [0.1, 0.15) is 0 Å². The molecule has 12 heavy (non-hydrogen) atoms. The zero-order valence-electron chi connectivity index (χ0n) is 6.36. The van der Waals surface area contributed by atoms with Crippen molar-refractivity contribution < 1.29 is 5.11 Å². The lowest BCUT2D eigenvalue weighted by Gasteiger charge is -1.98. The van der Waals surface area contributed by atoms with Gasteiger partial charge in [-0.05, 0) is 35.0 Å². The van der Waals surface area contributed by atoms with Crippen molar-refractivity contribution in [2.75, 3.05) is 0 Å². The van der Waals surface area contributed by atoms with Gasteiger partial charge in [-0.15, -0.1) is 12.6 Å². The minimum Gasteiger partial charge on any atom is -0.508 e. The number of phenolic OH excluding ortho intramolecular Hbond substituents is 1. The highest BCUT2D eigenvalue weighted by molar-refractivity contribution is 7.80. The molecule has 0 aliphatic heterocycles. The SMILES string of the molecule is Oc1ccc2ccc(S)cc2c1. The van der Waals surface area contributed by atoms with Gasteiger partial charge >= 0.3 is 0 Å². The Balaban J connectivity index is 2.80. The van der Waals surface area contributed by atoms with E-state index in [1.165, 1.54) is 0 Å². The van der Waals surface area contributed by atoms with Crippen LogP contribution in [0.5, 0.6) is 5.75 Å². The van der Waals surface area contributed by atoms with Crippen molar-refractivity contribution in [2.24, 2.45) is 0 Å². The Hall–Kier alpha value is -1.15. The third-order valence-electron chi connectivity index (χ3n) is 1.81. The van der Waals surface area contributed by atoms with Gasteiger partial charge in [0.1, 0.15) is 5.75 Å². The van der Waals surface area contributed by atoms with Gasteiger partial charge in [0.05, 0.1) is 0 Å². The van der Waals surface area contributed by atoms with E-state index in [1.807, 2.05) is 24.3 Å². The van der Waals surface area contributed by atoms with Crippen molar-refractivity contribution in [3.63, 3.8) is 0 Å². The summed E-state index contributed by atoms with van der Waals surface area (Å²) in [6, 6.07) is 11.1. The average Bonchev–Trinajstić information content (AvgIpc) is 2.03. The van der Waals surface area contributed by atoms with Crippen LogP contribution in [0.2, 0.25) is 0 Å². The van der Waals surface area contributed by atoms with Gasteiger partial charge in [-0.25, -0.2) is 0 Å². The summed E-state index contributed by atoms with van der Waals surface area (Å²) in [5.41, 5.74) is 0. The van der Waals surface area contributed by atoms with Crippen molar-refractivity contribution in [1.82, 2.24) is 0 Å². The Bertz CT molecular complexity index is 386.